The molecule has 2 saturated heterocycles. The van der Waals surface area contributed by atoms with Crippen LogP contribution in [0.15, 0.2) is 0 Å². The van der Waals surface area contributed by atoms with E-state index in [0.717, 1.165) is 19.4 Å². The molecule has 3 heterocycles. The molecule has 1 aromatic rings. The lowest BCUT2D eigenvalue weighted by molar-refractivity contribution is 0.0297. The molecular weight excluding hydrogens is 316 g/mol. The maximum absolute atomic E-state index is 13.1. The lowest BCUT2D eigenvalue weighted by Crippen LogP contribution is -2.43. The number of ether oxygens (including phenoxy) is 1. The third kappa shape index (κ3) is 3.34. The van der Waals surface area contributed by atoms with E-state index in [1.54, 1.807) is 0 Å². The van der Waals surface area contributed by atoms with Crippen LogP contribution in [0.5, 0.6) is 0 Å². The highest BCUT2D eigenvalue weighted by Crippen LogP contribution is 2.29. The summed E-state index contributed by atoms with van der Waals surface area (Å²) in [6.45, 7) is 8.03. The highest BCUT2D eigenvalue weighted by molar-refractivity contribution is 5.94. The third-order valence-electron chi connectivity index (χ3n) is 6.03. The van der Waals surface area contributed by atoms with Crippen LogP contribution in [-0.4, -0.2) is 70.9 Å². The van der Waals surface area contributed by atoms with Gasteiger partial charge in [-0.15, -0.1) is 0 Å². The number of aromatic nitrogens is 2. The first-order chi connectivity index (χ1) is 12.3. The molecule has 2 fully saturated rings. The van der Waals surface area contributed by atoms with E-state index in [9.17, 15) is 4.79 Å². The van der Waals surface area contributed by atoms with Crippen LogP contribution in [0, 0.1) is 0 Å². The average Bonchev–Trinajstić information content (AvgIpc) is 3.06. The Hall–Kier alpha value is -1.40. The molecule has 0 bridgehead atoms. The maximum Gasteiger partial charge on any atom is 0.274 e. The first-order valence-corrected chi connectivity index (χ1v) is 9.97. The number of carbonyl (C=O) groups is 1. The molecule has 25 heavy (non-hydrogen) atoms. The Kier molecular flexibility index (Phi) is 5.08. The minimum Gasteiger partial charge on any atom is -0.378 e. The lowest BCUT2D eigenvalue weighted by atomic mass is 9.89. The monoisotopic (exact) mass is 346 g/mol. The van der Waals surface area contributed by atoms with Crippen LogP contribution >= 0.6 is 0 Å². The number of piperidine rings is 1. The Morgan fingerprint density at radius 2 is 1.92 bits per heavy atom. The van der Waals surface area contributed by atoms with Crippen LogP contribution in [0.4, 0.5) is 0 Å². The summed E-state index contributed by atoms with van der Waals surface area (Å²) in [7, 11) is 0. The van der Waals surface area contributed by atoms with E-state index < -0.39 is 0 Å². The molecule has 0 saturated carbocycles. The summed E-state index contributed by atoms with van der Waals surface area (Å²) in [6, 6.07) is 0.582. The fraction of sp³-hybridized carbons (Fsp3) is 0.789. The van der Waals surface area contributed by atoms with E-state index in [1.807, 2.05) is 4.90 Å². The highest BCUT2D eigenvalue weighted by atomic mass is 16.5. The number of nitrogens with zero attached hydrogens (tertiary/aromatic N) is 4. The van der Waals surface area contributed by atoms with E-state index >= 15 is 0 Å². The van der Waals surface area contributed by atoms with Crippen LogP contribution in [0.3, 0.4) is 0 Å². The molecule has 0 N–H and O–H groups in total. The number of amides is 1. The Balaban J connectivity index is 1.58. The largest absolute Gasteiger partial charge is 0.378 e. The molecule has 0 aromatic carbocycles. The van der Waals surface area contributed by atoms with Crippen molar-refractivity contribution >= 4 is 5.91 Å². The average molecular weight is 346 g/mol. The molecule has 3 aliphatic rings. The van der Waals surface area contributed by atoms with Crippen molar-refractivity contribution < 1.29 is 9.53 Å². The fourth-order valence-electron chi connectivity index (χ4n) is 4.61. The minimum atomic E-state index is 0.103. The summed E-state index contributed by atoms with van der Waals surface area (Å²) < 4.78 is 7.46. The molecule has 4 rings (SSSR count). The zero-order chi connectivity index (χ0) is 17.2. The number of rotatable bonds is 3. The summed E-state index contributed by atoms with van der Waals surface area (Å²) in [5, 5.41) is 4.73. The number of likely N-dealkylation sites (tertiary alicyclic amines) is 1. The quantitative estimate of drug-likeness (QED) is 0.836. The van der Waals surface area contributed by atoms with Gasteiger partial charge in [0.15, 0.2) is 5.69 Å². The van der Waals surface area contributed by atoms with Crippen molar-refractivity contribution in [2.45, 2.75) is 58.0 Å². The van der Waals surface area contributed by atoms with Crippen LogP contribution in [-0.2, 0) is 24.1 Å². The third-order valence-corrected chi connectivity index (χ3v) is 6.03. The van der Waals surface area contributed by atoms with Gasteiger partial charge >= 0.3 is 0 Å². The zero-order valence-electron chi connectivity index (χ0n) is 15.4. The number of morpholine rings is 1. The van der Waals surface area contributed by atoms with Crippen LogP contribution in [0.1, 0.15) is 54.4 Å². The molecular formula is C19H30N4O2. The molecule has 2 aliphatic heterocycles. The second-order valence-electron chi connectivity index (χ2n) is 7.49. The van der Waals surface area contributed by atoms with Gasteiger partial charge in [-0.1, -0.05) is 6.42 Å². The first-order valence-electron chi connectivity index (χ1n) is 9.97. The number of hydrogen-bond acceptors (Lipinski definition) is 4. The molecule has 0 radical (unpaired) electrons. The van der Waals surface area contributed by atoms with Gasteiger partial charge in [0.2, 0.25) is 0 Å². The first kappa shape index (κ1) is 17.0. The van der Waals surface area contributed by atoms with Crippen LogP contribution < -0.4 is 0 Å². The van der Waals surface area contributed by atoms with Crippen LogP contribution in [0.2, 0.25) is 0 Å². The van der Waals surface area contributed by atoms with Crippen molar-refractivity contribution in [3.8, 4) is 0 Å². The van der Waals surface area contributed by atoms with E-state index in [2.05, 4.69) is 16.5 Å². The number of aryl methyl sites for hydroxylation is 1. The van der Waals surface area contributed by atoms with E-state index in [4.69, 9.17) is 9.84 Å². The summed E-state index contributed by atoms with van der Waals surface area (Å²) in [4.78, 5) is 17.6. The van der Waals surface area contributed by atoms with Gasteiger partial charge in [-0.25, -0.2) is 0 Å². The molecule has 6 nitrogen and oxygen atoms in total. The fourth-order valence-corrected chi connectivity index (χ4v) is 4.61. The normalized spacial score (nSPS) is 25.0. The van der Waals surface area contributed by atoms with Crippen molar-refractivity contribution in [1.82, 2.24) is 19.6 Å². The van der Waals surface area contributed by atoms with Crippen molar-refractivity contribution in [2.24, 2.45) is 0 Å². The van der Waals surface area contributed by atoms with Crippen molar-refractivity contribution in [3.63, 3.8) is 0 Å². The summed E-state index contributed by atoms with van der Waals surface area (Å²) >= 11 is 0. The molecule has 0 spiro atoms. The molecule has 1 aromatic heterocycles. The Bertz CT molecular complexity index is 615. The predicted molar refractivity (Wildman–Crippen MR) is 95.9 cm³/mol. The number of carbonyl (C=O) groups excluding carboxylic acids is 1. The molecule has 1 amide bonds. The van der Waals surface area contributed by atoms with E-state index in [-0.39, 0.29) is 5.91 Å². The highest BCUT2D eigenvalue weighted by Gasteiger charge is 2.33. The summed E-state index contributed by atoms with van der Waals surface area (Å²) in [5.41, 5.74) is 3.23. The van der Waals surface area contributed by atoms with E-state index in [0.29, 0.717) is 38.0 Å². The maximum atomic E-state index is 13.1. The smallest absolute Gasteiger partial charge is 0.274 e. The molecule has 1 atom stereocenters. The van der Waals surface area contributed by atoms with Gasteiger partial charge in [0, 0.05) is 36.9 Å². The van der Waals surface area contributed by atoms with E-state index in [1.165, 1.54) is 50.0 Å². The number of hydrogen-bond donors (Lipinski definition) is 0. The second-order valence-corrected chi connectivity index (χ2v) is 7.49. The predicted octanol–water partition coefficient (Wildman–Crippen LogP) is 1.72. The molecule has 1 aliphatic carbocycles. The zero-order valence-corrected chi connectivity index (χ0v) is 15.4. The van der Waals surface area contributed by atoms with Gasteiger partial charge in [0.25, 0.3) is 5.91 Å². The minimum absolute atomic E-state index is 0.103. The number of fused-ring (bicyclic) bond motifs is 1. The molecule has 6 heteroatoms. The van der Waals surface area contributed by atoms with Gasteiger partial charge < -0.3 is 14.5 Å². The molecule has 138 valence electrons. The van der Waals surface area contributed by atoms with Crippen molar-refractivity contribution in [3.05, 3.63) is 17.0 Å². The summed E-state index contributed by atoms with van der Waals surface area (Å²) in [5.74, 6) is 0.103. The van der Waals surface area contributed by atoms with Crippen LogP contribution in [0.25, 0.3) is 0 Å². The van der Waals surface area contributed by atoms with Gasteiger partial charge in [0.1, 0.15) is 0 Å². The topological polar surface area (TPSA) is 50.6 Å². The second kappa shape index (κ2) is 7.46. The van der Waals surface area contributed by atoms with Crippen molar-refractivity contribution in [1.29, 1.82) is 0 Å². The van der Waals surface area contributed by atoms with Gasteiger partial charge in [0.05, 0.1) is 13.2 Å². The standard InChI is InChI=1S/C19H30N4O2/c1-2-23-17-7-6-15(21-8-4-3-5-9-21)14-16(17)18(20-23)19(24)22-10-12-25-13-11-22/h15H,2-14H2,1H3/t15-/m0/s1. The Morgan fingerprint density at radius 1 is 1.16 bits per heavy atom. The SMILES string of the molecule is CCn1nc(C(=O)N2CCOCC2)c2c1CC[C@H](N1CCCCC1)C2. The van der Waals surface area contributed by atoms with Gasteiger partial charge in [-0.2, -0.15) is 5.10 Å². The van der Waals surface area contributed by atoms with Crippen molar-refractivity contribution in [2.75, 3.05) is 39.4 Å². The Morgan fingerprint density at radius 3 is 2.64 bits per heavy atom. The summed E-state index contributed by atoms with van der Waals surface area (Å²) in [6.07, 6.45) is 7.23. The Labute approximate surface area is 150 Å². The lowest BCUT2D eigenvalue weighted by Gasteiger charge is -2.37. The molecule has 0 unspecified atom stereocenters. The van der Waals surface area contributed by atoms with Gasteiger partial charge in [-0.05, 0) is 52.1 Å². The van der Waals surface area contributed by atoms with Gasteiger partial charge in [-0.3, -0.25) is 9.48 Å².